The molecule has 0 bridgehead atoms. The molecule has 0 saturated heterocycles. The van der Waals surface area contributed by atoms with Crippen LogP contribution in [-0.2, 0) is 4.79 Å². The highest BCUT2D eigenvalue weighted by Gasteiger charge is 2.24. The third-order valence-electron chi connectivity index (χ3n) is 2.80. The number of nitrogens with two attached hydrogens (primary N) is 1. The van der Waals surface area contributed by atoms with Crippen molar-refractivity contribution in [2.24, 2.45) is 16.8 Å². The molecule has 1 heterocycles. The van der Waals surface area contributed by atoms with Gasteiger partial charge in [0, 0.05) is 12.0 Å². The maximum absolute atomic E-state index is 12.0. The molecule has 1 aliphatic rings. The first kappa shape index (κ1) is 14.4. The van der Waals surface area contributed by atoms with Crippen LogP contribution in [0.25, 0.3) is 0 Å². The standard InChI is InChI=1S/C15H17N3OS/c1-2-3-11-20-15(19)13-9-10-18(17-14(13)16)12-7-5-4-6-8-12/h2,4-10,13H,1,3,11H2,(H2,16,17). The van der Waals surface area contributed by atoms with Crippen LogP contribution in [0.1, 0.15) is 6.42 Å². The van der Waals surface area contributed by atoms with Crippen LogP contribution in [0.15, 0.2) is 60.4 Å². The van der Waals surface area contributed by atoms with E-state index in [1.54, 1.807) is 23.4 Å². The number of carbonyl (C=O) groups is 1. The molecule has 0 fully saturated rings. The number of rotatable bonds is 5. The summed E-state index contributed by atoms with van der Waals surface area (Å²) < 4.78 is 0. The van der Waals surface area contributed by atoms with E-state index in [-0.39, 0.29) is 5.12 Å². The van der Waals surface area contributed by atoms with E-state index in [4.69, 9.17) is 5.73 Å². The summed E-state index contributed by atoms with van der Waals surface area (Å²) >= 11 is 1.27. The van der Waals surface area contributed by atoms with Gasteiger partial charge in [-0.05, 0) is 24.6 Å². The average molecular weight is 287 g/mol. The van der Waals surface area contributed by atoms with E-state index in [1.165, 1.54) is 11.8 Å². The lowest BCUT2D eigenvalue weighted by molar-refractivity contribution is -0.111. The van der Waals surface area contributed by atoms with Gasteiger partial charge in [0.1, 0.15) is 11.8 Å². The summed E-state index contributed by atoms with van der Waals surface area (Å²) in [6, 6.07) is 9.66. The summed E-state index contributed by atoms with van der Waals surface area (Å²) in [5, 5.41) is 5.97. The molecule has 4 nitrogen and oxygen atoms in total. The van der Waals surface area contributed by atoms with E-state index in [1.807, 2.05) is 30.3 Å². The second-order valence-corrected chi connectivity index (χ2v) is 5.37. The van der Waals surface area contributed by atoms with Gasteiger partial charge in [-0.25, -0.2) is 5.01 Å². The lowest BCUT2D eigenvalue weighted by atomic mass is 10.1. The van der Waals surface area contributed by atoms with Crippen molar-refractivity contribution in [1.29, 1.82) is 0 Å². The summed E-state index contributed by atoms with van der Waals surface area (Å²) in [6.07, 6.45) is 6.17. The fraction of sp³-hybridized carbons (Fsp3) is 0.200. The molecule has 1 aliphatic heterocycles. The quantitative estimate of drug-likeness (QED) is 0.668. The predicted octanol–water partition coefficient (Wildman–Crippen LogP) is 2.74. The van der Waals surface area contributed by atoms with Crippen LogP contribution in [0.5, 0.6) is 0 Å². The van der Waals surface area contributed by atoms with Gasteiger partial charge in [0.05, 0.1) is 5.69 Å². The fourth-order valence-electron chi connectivity index (χ4n) is 1.74. The minimum atomic E-state index is -0.440. The zero-order chi connectivity index (χ0) is 14.4. The van der Waals surface area contributed by atoms with Gasteiger partial charge < -0.3 is 5.73 Å². The molecule has 0 aromatic heterocycles. The maximum atomic E-state index is 12.0. The van der Waals surface area contributed by atoms with Crippen LogP contribution in [0.4, 0.5) is 5.69 Å². The summed E-state index contributed by atoms with van der Waals surface area (Å²) in [4.78, 5) is 12.0. The van der Waals surface area contributed by atoms with Gasteiger partial charge in [0.25, 0.3) is 0 Å². The molecule has 0 radical (unpaired) electrons. The lowest BCUT2D eigenvalue weighted by Crippen LogP contribution is -2.33. The van der Waals surface area contributed by atoms with Crippen molar-refractivity contribution in [3.05, 3.63) is 55.3 Å². The van der Waals surface area contributed by atoms with Crippen molar-refractivity contribution in [1.82, 2.24) is 0 Å². The maximum Gasteiger partial charge on any atom is 0.203 e. The van der Waals surface area contributed by atoms with E-state index in [0.29, 0.717) is 5.84 Å². The largest absolute Gasteiger partial charge is 0.385 e. The van der Waals surface area contributed by atoms with Crippen molar-refractivity contribution in [2.75, 3.05) is 10.8 Å². The molecular weight excluding hydrogens is 270 g/mol. The summed E-state index contributed by atoms with van der Waals surface area (Å²) in [5.74, 6) is 0.611. The summed E-state index contributed by atoms with van der Waals surface area (Å²) in [7, 11) is 0. The Hall–Kier alpha value is -2.01. The predicted molar refractivity (Wildman–Crippen MR) is 85.5 cm³/mol. The molecule has 104 valence electrons. The first-order valence-electron chi connectivity index (χ1n) is 6.36. The van der Waals surface area contributed by atoms with Crippen LogP contribution in [-0.4, -0.2) is 16.7 Å². The first-order chi connectivity index (χ1) is 9.72. The number of nitrogens with zero attached hydrogens (tertiary/aromatic N) is 2. The van der Waals surface area contributed by atoms with E-state index in [0.717, 1.165) is 17.9 Å². The summed E-state index contributed by atoms with van der Waals surface area (Å²) in [6.45, 7) is 3.63. The Morgan fingerprint density at radius 2 is 2.20 bits per heavy atom. The van der Waals surface area contributed by atoms with Gasteiger partial charge >= 0.3 is 0 Å². The molecule has 5 heteroatoms. The first-order valence-corrected chi connectivity index (χ1v) is 7.35. The van der Waals surface area contributed by atoms with Gasteiger partial charge in [-0.15, -0.1) is 6.58 Å². The second-order valence-electron chi connectivity index (χ2n) is 4.27. The van der Waals surface area contributed by atoms with Crippen molar-refractivity contribution in [3.63, 3.8) is 0 Å². The SMILES string of the molecule is C=CCCSC(=O)C1C=CN(c2ccccc2)N=C1N. The van der Waals surface area contributed by atoms with Gasteiger partial charge in [0.2, 0.25) is 5.12 Å². The van der Waals surface area contributed by atoms with Crippen LogP contribution in [0, 0.1) is 5.92 Å². The minimum absolute atomic E-state index is 0.0251. The van der Waals surface area contributed by atoms with E-state index < -0.39 is 5.92 Å². The van der Waals surface area contributed by atoms with E-state index in [2.05, 4.69) is 11.7 Å². The molecule has 2 N–H and O–H groups in total. The van der Waals surface area contributed by atoms with Crippen molar-refractivity contribution >= 4 is 28.4 Å². The number of para-hydroxylation sites is 1. The third kappa shape index (κ3) is 3.51. The number of carbonyl (C=O) groups excluding carboxylic acids is 1. The molecular formula is C15H17N3OS. The molecule has 0 aliphatic carbocycles. The molecule has 1 aromatic carbocycles. The molecule has 1 unspecified atom stereocenters. The molecule has 0 spiro atoms. The molecule has 0 saturated carbocycles. The van der Waals surface area contributed by atoms with Gasteiger partial charge in [-0.1, -0.05) is 36.0 Å². The normalized spacial score (nSPS) is 17.7. The Morgan fingerprint density at radius 1 is 1.45 bits per heavy atom. The molecule has 1 aromatic rings. The molecule has 20 heavy (non-hydrogen) atoms. The minimum Gasteiger partial charge on any atom is -0.385 e. The zero-order valence-electron chi connectivity index (χ0n) is 11.1. The molecule has 2 rings (SSSR count). The van der Waals surface area contributed by atoms with E-state index in [9.17, 15) is 4.79 Å². The van der Waals surface area contributed by atoms with Crippen LogP contribution >= 0.6 is 11.8 Å². The van der Waals surface area contributed by atoms with Crippen molar-refractivity contribution in [3.8, 4) is 0 Å². The Kier molecular flexibility index (Phi) is 5.01. The fourth-order valence-corrected chi connectivity index (χ4v) is 2.61. The highest BCUT2D eigenvalue weighted by molar-refractivity contribution is 8.13. The highest BCUT2D eigenvalue weighted by atomic mass is 32.2. The topological polar surface area (TPSA) is 58.7 Å². The Morgan fingerprint density at radius 3 is 2.85 bits per heavy atom. The second kappa shape index (κ2) is 6.96. The third-order valence-corrected chi connectivity index (χ3v) is 3.78. The monoisotopic (exact) mass is 287 g/mol. The number of benzene rings is 1. The Balaban J connectivity index is 2.02. The zero-order valence-corrected chi connectivity index (χ0v) is 11.9. The van der Waals surface area contributed by atoms with E-state index >= 15 is 0 Å². The Labute approximate surface area is 123 Å². The highest BCUT2D eigenvalue weighted by Crippen LogP contribution is 2.22. The molecule has 0 amide bonds. The van der Waals surface area contributed by atoms with Crippen LogP contribution in [0.2, 0.25) is 0 Å². The van der Waals surface area contributed by atoms with Crippen LogP contribution in [0.3, 0.4) is 0 Å². The van der Waals surface area contributed by atoms with Crippen molar-refractivity contribution in [2.45, 2.75) is 6.42 Å². The number of hydrogen-bond acceptors (Lipinski definition) is 5. The molecule has 1 atom stereocenters. The number of amidine groups is 1. The van der Waals surface area contributed by atoms with Gasteiger partial charge in [-0.2, -0.15) is 5.10 Å². The number of hydrazone groups is 1. The number of hydrogen-bond donors (Lipinski definition) is 1. The van der Waals surface area contributed by atoms with Crippen molar-refractivity contribution < 1.29 is 4.79 Å². The number of allylic oxidation sites excluding steroid dienone is 1. The Bertz CT molecular complexity index is 539. The van der Waals surface area contributed by atoms with Gasteiger partial charge in [-0.3, -0.25) is 4.79 Å². The smallest absolute Gasteiger partial charge is 0.203 e. The number of anilines is 1. The average Bonchev–Trinajstić information content (AvgIpc) is 2.48. The summed E-state index contributed by atoms with van der Waals surface area (Å²) in [5.41, 5.74) is 6.83. The number of thioether (sulfide) groups is 1. The lowest BCUT2D eigenvalue weighted by Gasteiger charge is -2.22. The van der Waals surface area contributed by atoms with Gasteiger partial charge in [0.15, 0.2) is 0 Å². The van der Waals surface area contributed by atoms with Crippen LogP contribution < -0.4 is 10.7 Å².